The fraction of sp³-hybridized carbons (Fsp3) is 0.400. The van der Waals surface area contributed by atoms with Gasteiger partial charge in [-0.25, -0.2) is 0 Å². The molecule has 3 atom stereocenters. The van der Waals surface area contributed by atoms with Gasteiger partial charge in [0.15, 0.2) is 12.0 Å². The van der Waals surface area contributed by atoms with Crippen molar-refractivity contribution in [1.82, 2.24) is 15.2 Å². The van der Waals surface area contributed by atoms with E-state index in [4.69, 9.17) is 4.42 Å². The molecule has 0 aromatic carbocycles. The Morgan fingerprint density at radius 3 is 3.10 bits per heavy atom. The molecule has 1 amide bonds. The van der Waals surface area contributed by atoms with Gasteiger partial charge in [-0.1, -0.05) is 0 Å². The predicted molar refractivity (Wildman–Crippen MR) is 74.9 cm³/mol. The van der Waals surface area contributed by atoms with Crippen LogP contribution in [0.3, 0.4) is 0 Å². The molecule has 2 aromatic rings. The van der Waals surface area contributed by atoms with E-state index < -0.39 is 0 Å². The fourth-order valence-electron chi connectivity index (χ4n) is 3.31. The topological polar surface area (TPSA) is 75.4 Å². The zero-order valence-corrected chi connectivity index (χ0v) is 11.4. The van der Waals surface area contributed by atoms with Crippen molar-refractivity contribution in [2.24, 2.45) is 5.92 Å². The van der Waals surface area contributed by atoms with Gasteiger partial charge in [0, 0.05) is 30.7 Å². The number of carbonyl (C=O) groups excluding carboxylic acids is 2. The Hall–Kier alpha value is -2.21. The van der Waals surface area contributed by atoms with Crippen LogP contribution in [0, 0.1) is 5.92 Å². The summed E-state index contributed by atoms with van der Waals surface area (Å²) in [6.45, 7) is 2.14. The van der Waals surface area contributed by atoms with Gasteiger partial charge in [-0.05, 0) is 24.8 Å². The molecule has 21 heavy (non-hydrogen) atoms. The molecule has 4 rings (SSSR count). The van der Waals surface area contributed by atoms with Gasteiger partial charge >= 0.3 is 0 Å². The zero-order valence-electron chi connectivity index (χ0n) is 11.4. The molecule has 0 spiro atoms. The van der Waals surface area contributed by atoms with Crippen molar-refractivity contribution in [3.63, 3.8) is 0 Å². The molecule has 2 fully saturated rings. The summed E-state index contributed by atoms with van der Waals surface area (Å²) in [5.74, 6) is 0.757. The Morgan fingerprint density at radius 1 is 1.48 bits per heavy atom. The fourth-order valence-corrected chi connectivity index (χ4v) is 3.31. The van der Waals surface area contributed by atoms with Crippen molar-refractivity contribution in [3.05, 3.63) is 29.8 Å². The van der Waals surface area contributed by atoms with Crippen LogP contribution >= 0.6 is 0 Å². The van der Waals surface area contributed by atoms with E-state index in [2.05, 4.69) is 15.2 Å². The lowest BCUT2D eigenvalue weighted by atomic mass is 10.0. The third kappa shape index (κ3) is 2.12. The number of rotatable bonds is 3. The summed E-state index contributed by atoms with van der Waals surface area (Å²) >= 11 is 0. The number of fused-ring (bicyclic) bond motifs is 3. The van der Waals surface area contributed by atoms with E-state index in [1.807, 2.05) is 0 Å². The molecule has 6 heteroatoms. The molecule has 6 nitrogen and oxygen atoms in total. The molecule has 0 aliphatic carbocycles. The Kier molecular flexibility index (Phi) is 2.78. The Balaban J connectivity index is 1.54. The summed E-state index contributed by atoms with van der Waals surface area (Å²) in [5, 5.41) is 3.75. The highest BCUT2D eigenvalue weighted by Crippen LogP contribution is 2.31. The van der Waals surface area contributed by atoms with Crippen LogP contribution in [0.15, 0.2) is 22.7 Å². The zero-order chi connectivity index (χ0) is 14.4. The van der Waals surface area contributed by atoms with Gasteiger partial charge in [0.25, 0.3) is 5.91 Å². The predicted octanol–water partition coefficient (Wildman–Crippen LogP) is 1.42. The summed E-state index contributed by atoms with van der Waals surface area (Å²) in [5.41, 5.74) is 0.823. The monoisotopic (exact) mass is 285 g/mol. The standard InChI is InChI=1S/C15H15N3O3/c19-8-11-4-10-6-16-12(5-13(10)21-11)15(20)17-14-3-9-1-2-18(14)7-9/h4-6,8-9,14H,1-3,7H2,(H,17,20). The quantitative estimate of drug-likeness (QED) is 0.863. The molecule has 0 radical (unpaired) electrons. The number of nitrogens with zero attached hydrogens (tertiary/aromatic N) is 2. The van der Waals surface area contributed by atoms with Crippen LogP contribution in [-0.4, -0.2) is 41.3 Å². The Bertz CT molecular complexity index is 724. The first kappa shape index (κ1) is 12.5. The van der Waals surface area contributed by atoms with Crippen LogP contribution in [-0.2, 0) is 0 Å². The first-order valence-electron chi connectivity index (χ1n) is 7.12. The number of aldehydes is 1. The number of carbonyl (C=O) groups is 2. The third-order valence-electron chi connectivity index (χ3n) is 4.38. The first-order valence-corrected chi connectivity index (χ1v) is 7.12. The number of hydrogen-bond donors (Lipinski definition) is 1. The molecule has 2 bridgehead atoms. The number of nitrogens with one attached hydrogen (secondary N) is 1. The second kappa shape index (κ2) is 4.66. The lowest BCUT2D eigenvalue weighted by molar-refractivity contribution is 0.0877. The Labute approximate surface area is 121 Å². The molecule has 4 heterocycles. The van der Waals surface area contributed by atoms with Gasteiger partial charge in [0.2, 0.25) is 0 Å². The molecule has 1 N–H and O–H groups in total. The van der Waals surface area contributed by atoms with Gasteiger partial charge < -0.3 is 9.73 Å². The van der Waals surface area contributed by atoms with Crippen molar-refractivity contribution < 1.29 is 14.0 Å². The third-order valence-corrected chi connectivity index (χ3v) is 4.38. The highest BCUT2D eigenvalue weighted by molar-refractivity contribution is 5.96. The van der Waals surface area contributed by atoms with E-state index in [1.165, 1.54) is 6.42 Å². The minimum Gasteiger partial charge on any atom is -0.453 e. The smallest absolute Gasteiger partial charge is 0.271 e. The maximum absolute atomic E-state index is 12.3. The molecule has 108 valence electrons. The lowest BCUT2D eigenvalue weighted by Gasteiger charge is -2.25. The van der Waals surface area contributed by atoms with Crippen molar-refractivity contribution in [3.8, 4) is 0 Å². The normalized spacial score (nSPS) is 27.1. The van der Waals surface area contributed by atoms with Crippen molar-refractivity contribution in [2.45, 2.75) is 19.0 Å². The highest BCUT2D eigenvalue weighted by atomic mass is 16.3. The SMILES string of the molecule is O=Cc1cc2cnc(C(=O)NC3CC4CCN3C4)cc2o1. The lowest BCUT2D eigenvalue weighted by Crippen LogP contribution is -2.45. The van der Waals surface area contributed by atoms with E-state index >= 15 is 0 Å². The maximum Gasteiger partial charge on any atom is 0.271 e. The maximum atomic E-state index is 12.3. The molecule has 2 aliphatic rings. The van der Waals surface area contributed by atoms with Crippen molar-refractivity contribution in [1.29, 1.82) is 0 Å². The number of amides is 1. The molecular formula is C15H15N3O3. The van der Waals surface area contributed by atoms with E-state index in [9.17, 15) is 9.59 Å². The van der Waals surface area contributed by atoms with Crippen LogP contribution in [0.1, 0.15) is 33.9 Å². The molecule has 2 aromatic heterocycles. The van der Waals surface area contributed by atoms with Gasteiger partial charge in [-0.15, -0.1) is 0 Å². The van der Waals surface area contributed by atoms with E-state index in [1.54, 1.807) is 18.3 Å². The largest absolute Gasteiger partial charge is 0.453 e. The minimum atomic E-state index is -0.196. The number of hydrogen-bond acceptors (Lipinski definition) is 5. The van der Waals surface area contributed by atoms with E-state index in [0.717, 1.165) is 24.9 Å². The van der Waals surface area contributed by atoms with Crippen LogP contribution < -0.4 is 5.32 Å². The molecule has 2 aliphatic heterocycles. The highest BCUT2D eigenvalue weighted by Gasteiger charge is 2.38. The van der Waals surface area contributed by atoms with E-state index in [-0.39, 0.29) is 17.8 Å². The Morgan fingerprint density at radius 2 is 2.38 bits per heavy atom. The van der Waals surface area contributed by atoms with Crippen LogP contribution in [0.4, 0.5) is 0 Å². The summed E-state index contributed by atoms with van der Waals surface area (Å²) in [6, 6.07) is 3.19. The van der Waals surface area contributed by atoms with Crippen LogP contribution in [0.25, 0.3) is 11.0 Å². The van der Waals surface area contributed by atoms with E-state index in [0.29, 0.717) is 23.5 Å². The summed E-state index contributed by atoms with van der Waals surface area (Å²) in [6.07, 6.45) is 4.57. The van der Waals surface area contributed by atoms with Gasteiger partial charge in [0.1, 0.15) is 11.3 Å². The van der Waals surface area contributed by atoms with Crippen molar-refractivity contribution in [2.75, 3.05) is 13.1 Å². The molecular weight excluding hydrogens is 270 g/mol. The summed E-state index contributed by atoms with van der Waals surface area (Å²) < 4.78 is 5.33. The summed E-state index contributed by atoms with van der Waals surface area (Å²) in [7, 11) is 0. The summed E-state index contributed by atoms with van der Waals surface area (Å²) in [4.78, 5) is 29.4. The van der Waals surface area contributed by atoms with Gasteiger partial charge in [-0.2, -0.15) is 0 Å². The number of pyridine rings is 1. The van der Waals surface area contributed by atoms with Crippen LogP contribution in [0.5, 0.6) is 0 Å². The second-order valence-electron chi connectivity index (χ2n) is 5.75. The second-order valence-corrected chi connectivity index (χ2v) is 5.75. The van der Waals surface area contributed by atoms with Crippen LogP contribution in [0.2, 0.25) is 0 Å². The molecule has 0 saturated carbocycles. The van der Waals surface area contributed by atoms with Crippen molar-refractivity contribution >= 4 is 23.2 Å². The minimum absolute atomic E-state index is 0.121. The average Bonchev–Trinajstić information content (AvgIpc) is 3.20. The number of piperidine rings is 1. The average molecular weight is 285 g/mol. The number of furan rings is 1. The molecule has 3 unspecified atom stereocenters. The van der Waals surface area contributed by atoms with Gasteiger partial charge in [0.05, 0.1) is 6.17 Å². The molecule has 2 saturated heterocycles. The number of aromatic nitrogens is 1. The van der Waals surface area contributed by atoms with Gasteiger partial charge in [-0.3, -0.25) is 19.5 Å². The first-order chi connectivity index (χ1) is 10.2.